The Bertz CT molecular complexity index is 2450. The second kappa shape index (κ2) is 16.1. The van der Waals surface area contributed by atoms with E-state index in [1.54, 1.807) is 31.0 Å². The number of likely N-dealkylation sites (N-methyl/N-ethyl adjacent to an activating group) is 1. The number of amides is 2. The van der Waals surface area contributed by atoms with Crippen molar-refractivity contribution in [3.8, 4) is 23.0 Å². The molecule has 60 heavy (non-hydrogen) atoms. The Morgan fingerprint density at radius 1 is 1.07 bits per heavy atom. The third-order valence-corrected chi connectivity index (χ3v) is 12.6. The van der Waals surface area contributed by atoms with Crippen LogP contribution in [0.25, 0.3) is 32.9 Å². The predicted octanol–water partition coefficient (Wildman–Crippen LogP) is 7.78. The van der Waals surface area contributed by atoms with E-state index in [0.29, 0.717) is 30.3 Å². The van der Waals surface area contributed by atoms with Crippen molar-refractivity contribution < 1.29 is 37.0 Å². The van der Waals surface area contributed by atoms with Gasteiger partial charge in [0.2, 0.25) is 0 Å². The van der Waals surface area contributed by atoms with E-state index in [1.807, 2.05) is 30.3 Å². The molecule has 2 aromatic heterocycles. The van der Waals surface area contributed by atoms with Crippen molar-refractivity contribution in [1.82, 2.24) is 30.1 Å². The number of benzene rings is 3. The molecule has 2 unspecified atom stereocenters. The number of nitrogens with one attached hydrogen (secondary N) is 1. The lowest BCUT2D eigenvalue weighted by Crippen LogP contribution is -2.60. The number of nitrogens with zero attached hydrogens (tertiary/aromatic N) is 6. The van der Waals surface area contributed by atoms with E-state index in [2.05, 4.69) is 20.2 Å². The van der Waals surface area contributed by atoms with Crippen LogP contribution in [0.3, 0.4) is 0 Å². The second-order valence-electron chi connectivity index (χ2n) is 16.9. The Morgan fingerprint density at radius 3 is 2.67 bits per heavy atom. The normalized spacial score (nSPS) is 21.4. The van der Waals surface area contributed by atoms with Crippen LogP contribution in [0.2, 0.25) is 0 Å². The first-order chi connectivity index (χ1) is 29.0. The summed E-state index contributed by atoms with van der Waals surface area (Å²) >= 11 is 0. The topological polar surface area (TPSA) is 122 Å². The van der Waals surface area contributed by atoms with Gasteiger partial charge in [0.05, 0.1) is 29.6 Å². The predicted molar refractivity (Wildman–Crippen MR) is 220 cm³/mol. The van der Waals surface area contributed by atoms with E-state index in [-0.39, 0.29) is 89.8 Å². The Hall–Kier alpha value is -5.70. The quantitative estimate of drug-likeness (QED) is 0.174. The molecule has 5 aliphatic rings. The molecule has 2 amide bonds. The van der Waals surface area contributed by atoms with Crippen molar-refractivity contribution in [2.24, 2.45) is 0 Å². The lowest BCUT2D eigenvalue weighted by molar-refractivity contribution is 0.107. The van der Waals surface area contributed by atoms with Crippen LogP contribution in [0.15, 0.2) is 60.8 Å². The third-order valence-electron chi connectivity index (χ3n) is 12.6. The van der Waals surface area contributed by atoms with Crippen LogP contribution in [0, 0.1) is 11.6 Å². The number of alkyl halides is 1. The Balaban J connectivity index is 1.17. The number of carbonyl (C=O) groups is 2. The van der Waals surface area contributed by atoms with Gasteiger partial charge in [-0.15, -0.1) is 0 Å². The standard InChI is InChI=1S/C45H48F3N7O5/c1-44-23-30(46)25-54(26-44)40-34-24-49-38(37(48)39(34)50-41(51-40)59-27-45-15-7-17-55(45)18-8-16-45)33-22-31(60-43(57)53(2)19-14-28-9-4-3-5-10-28)21-29-12-13-35(47)32(36(29)33)11-6-20-58-42(56)52-44/h3-5,9-10,12-13,21-22,24,30H,6-8,11,14-20,23,25-27H2,1-2H3,(H,52,56). The average Bonchev–Trinajstić information content (AvgIpc) is 3.82. The number of rotatable bonds is 7. The van der Waals surface area contributed by atoms with E-state index in [0.717, 1.165) is 44.3 Å². The first-order valence-corrected chi connectivity index (χ1v) is 20.8. The number of hydrogen-bond acceptors (Lipinski definition) is 10. The van der Waals surface area contributed by atoms with Gasteiger partial charge in [-0.2, -0.15) is 9.97 Å². The van der Waals surface area contributed by atoms with Crippen LogP contribution in [0.5, 0.6) is 11.8 Å². The smallest absolute Gasteiger partial charge is 0.414 e. The molecule has 7 heterocycles. The zero-order valence-electron chi connectivity index (χ0n) is 33.8. The maximum absolute atomic E-state index is 17.6. The van der Waals surface area contributed by atoms with E-state index < -0.39 is 35.5 Å². The summed E-state index contributed by atoms with van der Waals surface area (Å²) in [7, 11) is 1.63. The van der Waals surface area contributed by atoms with Crippen LogP contribution in [0.4, 0.5) is 28.6 Å². The molecule has 10 rings (SSSR count). The first kappa shape index (κ1) is 39.7. The fourth-order valence-electron chi connectivity index (χ4n) is 9.66. The minimum Gasteiger partial charge on any atom is -0.461 e. The highest BCUT2D eigenvalue weighted by molar-refractivity contribution is 6.02. The van der Waals surface area contributed by atoms with Gasteiger partial charge in [-0.1, -0.05) is 36.4 Å². The van der Waals surface area contributed by atoms with Crippen LogP contribution in [-0.2, 0) is 17.6 Å². The fourth-order valence-corrected chi connectivity index (χ4v) is 9.66. The number of carbonyl (C=O) groups excluding carboxylic acids is 2. The molecule has 3 aromatic carbocycles. The Morgan fingerprint density at radius 2 is 1.87 bits per heavy atom. The van der Waals surface area contributed by atoms with Gasteiger partial charge in [-0.25, -0.2) is 22.8 Å². The average molecular weight is 824 g/mol. The lowest BCUT2D eigenvalue weighted by Gasteiger charge is -2.42. The van der Waals surface area contributed by atoms with E-state index in [9.17, 15) is 9.59 Å². The summed E-state index contributed by atoms with van der Waals surface area (Å²) in [5.41, 5.74) is -0.0688. The maximum atomic E-state index is 17.6. The van der Waals surface area contributed by atoms with Gasteiger partial charge in [-0.3, -0.25) is 9.88 Å². The number of ether oxygens (including phenoxy) is 3. The molecule has 3 fully saturated rings. The number of alkyl carbamates (subject to hydrolysis) is 1. The van der Waals surface area contributed by atoms with Gasteiger partial charge in [0.1, 0.15) is 41.4 Å². The number of aromatic nitrogens is 3. The number of aryl methyl sites for hydroxylation is 1. The summed E-state index contributed by atoms with van der Waals surface area (Å²) in [5, 5.41) is 3.88. The number of halogens is 3. The Labute approximate surface area is 346 Å². The molecule has 2 atom stereocenters. The van der Waals surface area contributed by atoms with Crippen LogP contribution >= 0.6 is 0 Å². The molecule has 0 spiro atoms. The molecule has 1 N–H and O–H groups in total. The molecule has 5 aromatic rings. The van der Waals surface area contributed by atoms with Gasteiger partial charge < -0.3 is 29.3 Å². The molecule has 0 radical (unpaired) electrons. The highest BCUT2D eigenvalue weighted by Crippen LogP contribution is 2.42. The van der Waals surface area contributed by atoms with Gasteiger partial charge in [-0.05, 0) is 105 Å². The molecule has 15 heteroatoms. The van der Waals surface area contributed by atoms with Crippen molar-refractivity contribution in [1.29, 1.82) is 0 Å². The SMILES string of the molecule is CN(CCc1ccccc1)C(=O)Oc1cc2c3c(c(F)ccc3c1)CCCOC(=O)NC1(C)CC(F)CN(C1)c1nc(OCC34CCCN3CCC4)nc3c(F)c-2ncc13. The third kappa shape index (κ3) is 7.75. The molecular weight excluding hydrogens is 776 g/mol. The van der Waals surface area contributed by atoms with Crippen LogP contribution in [-0.4, -0.2) is 107 Å². The molecule has 3 saturated heterocycles. The van der Waals surface area contributed by atoms with Gasteiger partial charge in [0.15, 0.2) is 5.82 Å². The second-order valence-corrected chi connectivity index (χ2v) is 16.9. The number of hydrogen-bond donors (Lipinski definition) is 1. The summed E-state index contributed by atoms with van der Waals surface area (Å²) in [6.45, 7) is 4.34. The molecule has 5 aliphatic heterocycles. The monoisotopic (exact) mass is 823 g/mol. The molecule has 0 aliphatic carbocycles. The van der Waals surface area contributed by atoms with E-state index in [4.69, 9.17) is 19.2 Å². The highest BCUT2D eigenvalue weighted by Gasteiger charge is 2.45. The molecule has 314 valence electrons. The Kier molecular flexibility index (Phi) is 10.6. The number of pyridine rings is 1. The number of piperidine rings is 1. The van der Waals surface area contributed by atoms with Crippen molar-refractivity contribution in [3.05, 3.63) is 83.6 Å². The highest BCUT2D eigenvalue weighted by atomic mass is 19.1. The van der Waals surface area contributed by atoms with E-state index >= 15 is 13.2 Å². The van der Waals surface area contributed by atoms with Gasteiger partial charge >= 0.3 is 18.2 Å². The summed E-state index contributed by atoms with van der Waals surface area (Å²) in [6, 6.07) is 15.6. The molecule has 6 bridgehead atoms. The first-order valence-electron chi connectivity index (χ1n) is 20.8. The van der Waals surface area contributed by atoms with E-state index in [1.165, 1.54) is 23.2 Å². The lowest BCUT2D eigenvalue weighted by atomic mass is 9.90. The number of fused-ring (bicyclic) bond motifs is 7. The van der Waals surface area contributed by atoms with Crippen LogP contribution in [0.1, 0.15) is 56.6 Å². The van der Waals surface area contributed by atoms with Crippen molar-refractivity contribution in [3.63, 3.8) is 0 Å². The summed E-state index contributed by atoms with van der Waals surface area (Å²) in [6.07, 6.45) is 3.65. The van der Waals surface area contributed by atoms with Gasteiger partial charge in [0.25, 0.3) is 0 Å². The van der Waals surface area contributed by atoms with Gasteiger partial charge in [0, 0.05) is 38.3 Å². The molecule has 12 nitrogen and oxygen atoms in total. The maximum Gasteiger partial charge on any atom is 0.414 e. The van der Waals surface area contributed by atoms with Crippen molar-refractivity contribution in [2.45, 2.75) is 75.5 Å². The summed E-state index contributed by atoms with van der Waals surface area (Å²) in [4.78, 5) is 46.3. The minimum absolute atomic E-state index is 0.0122. The zero-order chi connectivity index (χ0) is 41.6. The summed E-state index contributed by atoms with van der Waals surface area (Å²) < 4.78 is 67.1. The zero-order valence-corrected chi connectivity index (χ0v) is 33.8. The molecular formula is C45H48F3N7O5. The van der Waals surface area contributed by atoms with Crippen molar-refractivity contribution >= 4 is 39.7 Å². The van der Waals surface area contributed by atoms with Crippen LogP contribution < -0.4 is 19.7 Å². The van der Waals surface area contributed by atoms with Crippen molar-refractivity contribution in [2.75, 3.05) is 57.9 Å². The minimum atomic E-state index is -1.38. The number of anilines is 1. The fraction of sp³-hybridized carbons (Fsp3) is 0.444. The largest absolute Gasteiger partial charge is 0.461 e. The summed E-state index contributed by atoms with van der Waals surface area (Å²) in [5.74, 6) is -1.08. The molecule has 0 saturated carbocycles.